The summed E-state index contributed by atoms with van der Waals surface area (Å²) in [5.41, 5.74) is 3.79. The number of rotatable bonds is 2. The van der Waals surface area contributed by atoms with Gasteiger partial charge in [0.25, 0.3) is 0 Å². The summed E-state index contributed by atoms with van der Waals surface area (Å²) < 4.78 is 1.16. The Bertz CT molecular complexity index is 378. The fourth-order valence-corrected chi connectivity index (χ4v) is 2.54. The Morgan fingerprint density at radius 2 is 2.27 bits per heavy atom. The molecule has 1 atom stereocenters. The van der Waals surface area contributed by atoms with Gasteiger partial charge in [-0.3, -0.25) is 0 Å². The second-order valence-corrected chi connectivity index (χ2v) is 5.16. The van der Waals surface area contributed by atoms with Crippen LogP contribution in [0.2, 0.25) is 0 Å². The average molecular weight is 266 g/mol. The van der Waals surface area contributed by atoms with Crippen LogP contribution in [0.15, 0.2) is 29.3 Å². The fraction of sp³-hybridized carbons (Fsp3) is 0.385. The van der Waals surface area contributed by atoms with Gasteiger partial charge in [-0.15, -0.1) is 0 Å². The maximum Gasteiger partial charge on any atom is 0.0184 e. The maximum atomic E-state index is 4.00. The van der Waals surface area contributed by atoms with Gasteiger partial charge >= 0.3 is 0 Å². The highest BCUT2D eigenvalue weighted by Gasteiger charge is 2.17. The van der Waals surface area contributed by atoms with Crippen LogP contribution in [0.5, 0.6) is 0 Å². The van der Waals surface area contributed by atoms with Gasteiger partial charge in [0.1, 0.15) is 0 Å². The van der Waals surface area contributed by atoms with Gasteiger partial charge in [0.2, 0.25) is 0 Å². The lowest BCUT2D eigenvalue weighted by Gasteiger charge is -2.11. The molecule has 0 bridgehead atoms. The standard InChI is InChI=1S/C13H16BrN/c1-9(2)11-5-12(7-13(14)6-11)10-3-4-15-8-10/h5-7,10,15H,1,3-4,8H2,2H3. The van der Waals surface area contributed by atoms with Crippen molar-refractivity contribution < 1.29 is 0 Å². The van der Waals surface area contributed by atoms with Gasteiger partial charge in [-0.2, -0.15) is 0 Å². The quantitative estimate of drug-likeness (QED) is 0.863. The van der Waals surface area contributed by atoms with Crippen LogP contribution < -0.4 is 5.32 Å². The third kappa shape index (κ3) is 2.50. The topological polar surface area (TPSA) is 12.0 Å². The number of hydrogen-bond donors (Lipinski definition) is 1. The summed E-state index contributed by atoms with van der Waals surface area (Å²) in [5, 5.41) is 3.40. The third-order valence-corrected chi connectivity index (χ3v) is 3.40. The van der Waals surface area contributed by atoms with Crippen molar-refractivity contribution in [1.29, 1.82) is 0 Å². The van der Waals surface area contributed by atoms with Crippen molar-refractivity contribution in [2.75, 3.05) is 13.1 Å². The fourth-order valence-electron chi connectivity index (χ4n) is 2.03. The SMILES string of the molecule is C=C(C)c1cc(Br)cc(C2CCNC2)c1. The van der Waals surface area contributed by atoms with E-state index in [0.717, 1.165) is 23.1 Å². The molecule has 0 spiro atoms. The molecule has 1 fully saturated rings. The van der Waals surface area contributed by atoms with Crippen molar-refractivity contribution in [3.63, 3.8) is 0 Å². The molecule has 1 aliphatic rings. The van der Waals surface area contributed by atoms with E-state index in [0.29, 0.717) is 5.92 Å². The molecular formula is C13H16BrN. The van der Waals surface area contributed by atoms with Gasteiger partial charge in [0.05, 0.1) is 0 Å². The van der Waals surface area contributed by atoms with E-state index in [9.17, 15) is 0 Å². The monoisotopic (exact) mass is 265 g/mol. The predicted octanol–water partition coefficient (Wildman–Crippen LogP) is 3.56. The van der Waals surface area contributed by atoms with E-state index in [-0.39, 0.29) is 0 Å². The van der Waals surface area contributed by atoms with Crippen LogP contribution in [0.25, 0.3) is 5.57 Å². The molecule has 80 valence electrons. The second kappa shape index (κ2) is 4.50. The number of allylic oxidation sites excluding steroid dienone is 1. The smallest absolute Gasteiger partial charge is 0.0184 e. The molecule has 0 aliphatic carbocycles. The third-order valence-electron chi connectivity index (χ3n) is 2.94. The first kappa shape index (κ1) is 10.9. The minimum absolute atomic E-state index is 0.667. The molecule has 0 amide bonds. The lowest BCUT2D eigenvalue weighted by molar-refractivity contribution is 0.762. The zero-order valence-electron chi connectivity index (χ0n) is 9.02. The largest absolute Gasteiger partial charge is 0.316 e. The highest BCUT2D eigenvalue weighted by molar-refractivity contribution is 9.10. The Kier molecular flexibility index (Phi) is 3.27. The minimum atomic E-state index is 0.667. The molecule has 0 saturated carbocycles. The summed E-state index contributed by atoms with van der Waals surface area (Å²) >= 11 is 3.57. The molecule has 1 aliphatic heterocycles. The maximum absolute atomic E-state index is 4.00. The molecule has 1 nitrogen and oxygen atoms in total. The number of benzene rings is 1. The van der Waals surface area contributed by atoms with Gasteiger partial charge in [0.15, 0.2) is 0 Å². The summed E-state index contributed by atoms with van der Waals surface area (Å²) in [5.74, 6) is 0.667. The molecular weight excluding hydrogens is 250 g/mol. The second-order valence-electron chi connectivity index (χ2n) is 4.24. The lowest BCUT2D eigenvalue weighted by Crippen LogP contribution is -2.08. The Labute approximate surface area is 99.7 Å². The summed E-state index contributed by atoms with van der Waals surface area (Å²) in [6.45, 7) is 8.29. The first-order chi connectivity index (χ1) is 7.16. The van der Waals surface area contributed by atoms with Gasteiger partial charge < -0.3 is 5.32 Å². The molecule has 1 N–H and O–H groups in total. The van der Waals surface area contributed by atoms with Crippen LogP contribution in [0.1, 0.15) is 30.4 Å². The Hall–Kier alpha value is -0.600. The van der Waals surface area contributed by atoms with Crippen molar-refractivity contribution in [2.45, 2.75) is 19.3 Å². The van der Waals surface area contributed by atoms with Gasteiger partial charge in [-0.25, -0.2) is 0 Å². The summed E-state index contributed by atoms with van der Waals surface area (Å²) in [6, 6.07) is 6.63. The summed E-state index contributed by atoms with van der Waals surface area (Å²) in [6.07, 6.45) is 1.24. The molecule has 1 aromatic rings. The van der Waals surface area contributed by atoms with E-state index in [1.807, 2.05) is 0 Å². The first-order valence-electron chi connectivity index (χ1n) is 5.34. The van der Waals surface area contributed by atoms with Crippen molar-refractivity contribution in [2.24, 2.45) is 0 Å². The lowest BCUT2D eigenvalue weighted by atomic mass is 9.95. The Morgan fingerprint density at radius 1 is 1.47 bits per heavy atom. The van der Waals surface area contributed by atoms with E-state index in [1.54, 1.807) is 0 Å². The number of hydrogen-bond acceptors (Lipinski definition) is 1. The number of nitrogens with one attached hydrogen (secondary N) is 1. The normalized spacial score (nSPS) is 20.5. The van der Waals surface area contributed by atoms with Crippen molar-refractivity contribution in [1.82, 2.24) is 5.32 Å². The molecule has 1 saturated heterocycles. The molecule has 2 rings (SSSR count). The van der Waals surface area contributed by atoms with Crippen LogP contribution in [0.4, 0.5) is 0 Å². The Balaban J connectivity index is 2.34. The molecule has 1 unspecified atom stereocenters. The van der Waals surface area contributed by atoms with Gasteiger partial charge in [-0.05, 0) is 49.1 Å². The predicted molar refractivity (Wildman–Crippen MR) is 69.1 cm³/mol. The minimum Gasteiger partial charge on any atom is -0.316 e. The van der Waals surface area contributed by atoms with Gasteiger partial charge in [-0.1, -0.05) is 34.1 Å². The van der Waals surface area contributed by atoms with Crippen molar-refractivity contribution >= 4 is 21.5 Å². The van der Waals surface area contributed by atoms with Crippen molar-refractivity contribution in [3.8, 4) is 0 Å². The van der Waals surface area contributed by atoms with E-state index in [4.69, 9.17) is 0 Å². The average Bonchev–Trinajstić information content (AvgIpc) is 2.69. The summed E-state index contributed by atoms with van der Waals surface area (Å²) in [7, 11) is 0. The van der Waals surface area contributed by atoms with Crippen LogP contribution in [0.3, 0.4) is 0 Å². The van der Waals surface area contributed by atoms with Crippen molar-refractivity contribution in [3.05, 3.63) is 40.4 Å². The first-order valence-corrected chi connectivity index (χ1v) is 6.13. The van der Waals surface area contributed by atoms with E-state index in [2.05, 4.69) is 52.9 Å². The zero-order chi connectivity index (χ0) is 10.8. The molecule has 1 heterocycles. The van der Waals surface area contributed by atoms with E-state index >= 15 is 0 Å². The van der Waals surface area contributed by atoms with Crippen LogP contribution >= 0.6 is 15.9 Å². The molecule has 2 heteroatoms. The van der Waals surface area contributed by atoms with E-state index in [1.165, 1.54) is 17.5 Å². The molecule has 0 radical (unpaired) electrons. The molecule has 0 aromatic heterocycles. The highest BCUT2D eigenvalue weighted by Crippen LogP contribution is 2.28. The van der Waals surface area contributed by atoms with Crippen LogP contribution in [-0.2, 0) is 0 Å². The molecule has 1 aromatic carbocycles. The van der Waals surface area contributed by atoms with E-state index < -0.39 is 0 Å². The zero-order valence-corrected chi connectivity index (χ0v) is 10.6. The Morgan fingerprint density at radius 3 is 2.87 bits per heavy atom. The van der Waals surface area contributed by atoms with Crippen LogP contribution in [-0.4, -0.2) is 13.1 Å². The summed E-state index contributed by atoms with van der Waals surface area (Å²) in [4.78, 5) is 0. The van der Waals surface area contributed by atoms with Crippen LogP contribution in [0, 0.1) is 0 Å². The highest BCUT2D eigenvalue weighted by atomic mass is 79.9. The molecule has 15 heavy (non-hydrogen) atoms. The number of halogens is 1. The van der Waals surface area contributed by atoms with Gasteiger partial charge in [0, 0.05) is 11.0 Å².